The van der Waals surface area contributed by atoms with Crippen molar-refractivity contribution in [2.45, 2.75) is 17.4 Å². The normalized spacial score (nSPS) is 13.2. The van der Waals surface area contributed by atoms with E-state index < -0.39 is 17.4 Å². The van der Waals surface area contributed by atoms with Crippen LogP contribution in [0.4, 0.5) is 5.69 Å². The highest BCUT2D eigenvalue weighted by Crippen LogP contribution is 2.25. The van der Waals surface area contributed by atoms with E-state index in [1.54, 1.807) is 25.1 Å². The predicted octanol–water partition coefficient (Wildman–Crippen LogP) is 2.43. The SMILES string of the molecule is CSc1ccccc1NC(=O)C(=O)NC[C@](C)(O)c1cccs1. The third-order valence-electron chi connectivity index (χ3n) is 3.21. The highest BCUT2D eigenvalue weighted by atomic mass is 32.2. The van der Waals surface area contributed by atoms with Crippen molar-refractivity contribution in [3.8, 4) is 0 Å². The molecular weight excluding hydrogens is 332 g/mol. The molecule has 0 fully saturated rings. The molecule has 1 aromatic carbocycles. The Morgan fingerprint density at radius 2 is 1.96 bits per heavy atom. The molecule has 0 saturated carbocycles. The molecule has 0 unspecified atom stereocenters. The molecule has 122 valence electrons. The predicted molar refractivity (Wildman–Crippen MR) is 93.8 cm³/mol. The van der Waals surface area contributed by atoms with E-state index in [4.69, 9.17) is 0 Å². The van der Waals surface area contributed by atoms with Crippen LogP contribution < -0.4 is 10.6 Å². The van der Waals surface area contributed by atoms with Crippen molar-refractivity contribution in [1.82, 2.24) is 5.32 Å². The summed E-state index contributed by atoms with van der Waals surface area (Å²) in [6.07, 6.45) is 1.89. The molecule has 0 bridgehead atoms. The van der Waals surface area contributed by atoms with Gasteiger partial charge in [0.2, 0.25) is 0 Å². The Morgan fingerprint density at radius 3 is 2.61 bits per heavy atom. The van der Waals surface area contributed by atoms with Gasteiger partial charge in [-0.2, -0.15) is 0 Å². The number of hydrogen-bond acceptors (Lipinski definition) is 5. The summed E-state index contributed by atoms with van der Waals surface area (Å²) in [4.78, 5) is 25.5. The lowest BCUT2D eigenvalue weighted by Crippen LogP contribution is -2.43. The largest absolute Gasteiger partial charge is 0.383 e. The number of amides is 2. The molecule has 1 aromatic heterocycles. The van der Waals surface area contributed by atoms with Gasteiger partial charge >= 0.3 is 11.8 Å². The zero-order valence-corrected chi connectivity index (χ0v) is 14.5. The summed E-state index contributed by atoms with van der Waals surface area (Å²) in [5.74, 6) is -1.54. The topological polar surface area (TPSA) is 78.4 Å². The van der Waals surface area contributed by atoms with E-state index in [2.05, 4.69) is 10.6 Å². The molecule has 1 heterocycles. The van der Waals surface area contributed by atoms with Gasteiger partial charge in [0.05, 0.1) is 12.2 Å². The van der Waals surface area contributed by atoms with Gasteiger partial charge in [0.1, 0.15) is 5.60 Å². The lowest BCUT2D eigenvalue weighted by molar-refractivity contribution is -0.136. The summed E-state index contributed by atoms with van der Waals surface area (Å²) < 4.78 is 0. The molecule has 5 nitrogen and oxygen atoms in total. The van der Waals surface area contributed by atoms with Crippen LogP contribution in [0.1, 0.15) is 11.8 Å². The van der Waals surface area contributed by atoms with Crippen molar-refractivity contribution in [2.75, 3.05) is 18.1 Å². The zero-order valence-electron chi connectivity index (χ0n) is 12.8. The first-order chi connectivity index (χ1) is 10.9. The van der Waals surface area contributed by atoms with E-state index in [1.165, 1.54) is 23.1 Å². The minimum atomic E-state index is -1.21. The number of rotatable bonds is 5. The number of thiophene rings is 1. The fourth-order valence-electron chi connectivity index (χ4n) is 1.93. The molecule has 0 radical (unpaired) electrons. The highest BCUT2D eigenvalue weighted by molar-refractivity contribution is 7.98. The summed E-state index contributed by atoms with van der Waals surface area (Å²) in [6.45, 7) is 1.56. The Balaban J connectivity index is 1.94. The van der Waals surface area contributed by atoms with Crippen molar-refractivity contribution in [2.24, 2.45) is 0 Å². The molecule has 0 spiro atoms. The highest BCUT2D eigenvalue weighted by Gasteiger charge is 2.26. The van der Waals surface area contributed by atoms with Gasteiger partial charge in [-0.15, -0.1) is 23.1 Å². The Morgan fingerprint density at radius 1 is 1.22 bits per heavy atom. The number of carbonyl (C=O) groups is 2. The van der Waals surface area contributed by atoms with Crippen molar-refractivity contribution >= 4 is 40.6 Å². The number of para-hydroxylation sites is 1. The third-order valence-corrected chi connectivity index (χ3v) is 5.13. The molecule has 2 amide bonds. The molecule has 7 heteroatoms. The van der Waals surface area contributed by atoms with Crippen LogP contribution in [0.15, 0.2) is 46.7 Å². The second kappa shape index (κ2) is 7.63. The molecule has 1 atom stereocenters. The molecule has 2 rings (SSSR count). The number of hydrogen-bond donors (Lipinski definition) is 3. The van der Waals surface area contributed by atoms with Crippen molar-refractivity contribution < 1.29 is 14.7 Å². The lowest BCUT2D eigenvalue weighted by atomic mass is 10.1. The molecule has 0 aliphatic rings. The fourth-order valence-corrected chi connectivity index (χ4v) is 3.27. The van der Waals surface area contributed by atoms with E-state index >= 15 is 0 Å². The number of aliphatic hydroxyl groups is 1. The van der Waals surface area contributed by atoms with Crippen LogP contribution in [0.5, 0.6) is 0 Å². The maximum absolute atomic E-state index is 12.0. The molecular formula is C16H18N2O3S2. The van der Waals surface area contributed by atoms with Crippen molar-refractivity contribution in [1.29, 1.82) is 0 Å². The van der Waals surface area contributed by atoms with Crippen LogP contribution in [0.3, 0.4) is 0 Å². The second-order valence-electron chi connectivity index (χ2n) is 5.09. The first kappa shape index (κ1) is 17.5. The summed E-state index contributed by atoms with van der Waals surface area (Å²) in [7, 11) is 0. The Labute approximate surface area is 143 Å². The average molecular weight is 350 g/mol. The minimum Gasteiger partial charge on any atom is -0.383 e. The van der Waals surface area contributed by atoms with E-state index in [0.29, 0.717) is 5.69 Å². The van der Waals surface area contributed by atoms with Crippen molar-refractivity contribution in [3.05, 3.63) is 46.7 Å². The Hall–Kier alpha value is -1.83. The maximum Gasteiger partial charge on any atom is 0.313 e. The molecule has 3 N–H and O–H groups in total. The summed E-state index contributed by atoms with van der Waals surface area (Å²) >= 11 is 2.87. The van der Waals surface area contributed by atoms with E-state index in [-0.39, 0.29) is 6.54 Å². The number of anilines is 1. The van der Waals surface area contributed by atoms with Gasteiger partial charge in [0, 0.05) is 9.77 Å². The van der Waals surface area contributed by atoms with Gasteiger partial charge in [-0.3, -0.25) is 9.59 Å². The monoisotopic (exact) mass is 350 g/mol. The number of carbonyl (C=O) groups excluding carboxylic acids is 2. The van der Waals surface area contributed by atoms with Crippen molar-refractivity contribution in [3.63, 3.8) is 0 Å². The summed E-state index contributed by atoms with van der Waals surface area (Å²) in [6, 6.07) is 10.8. The van der Waals surface area contributed by atoms with E-state index in [9.17, 15) is 14.7 Å². The van der Waals surface area contributed by atoms with Gasteiger partial charge in [0.15, 0.2) is 0 Å². The molecule has 0 aliphatic heterocycles. The lowest BCUT2D eigenvalue weighted by Gasteiger charge is -2.22. The van der Waals surface area contributed by atoms with Crippen LogP contribution >= 0.6 is 23.1 Å². The standard InChI is InChI=1S/C16H18N2O3S2/c1-16(21,13-8-5-9-23-13)10-17-14(19)15(20)18-11-6-3-4-7-12(11)22-2/h3-9,21H,10H2,1-2H3,(H,17,19)(H,18,20)/t16-/m0/s1. The Kier molecular flexibility index (Phi) is 5.81. The van der Waals surface area contributed by atoms with E-state index in [0.717, 1.165) is 9.77 Å². The molecule has 0 saturated heterocycles. The number of benzene rings is 1. The molecule has 2 aromatic rings. The minimum absolute atomic E-state index is 0.0378. The first-order valence-corrected chi connectivity index (χ1v) is 9.03. The molecule has 23 heavy (non-hydrogen) atoms. The number of thioether (sulfide) groups is 1. The van der Waals surface area contributed by atoms with Gasteiger partial charge in [-0.25, -0.2) is 0 Å². The van der Waals surface area contributed by atoms with Crippen LogP contribution in [-0.4, -0.2) is 29.7 Å². The van der Waals surface area contributed by atoms with Crippen LogP contribution in [0, 0.1) is 0 Å². The van der Waals surface area contributed by atoms with E-state index in [1.807, 2.05) is 29.8 Å². The smallest absolute Gasteiger partial charge is 0.313 e. The quantitative estimate of drug-likeness (QED) is 0.572. The summed E-state index contributed by atoms with van der Waals surface area (Å²) in [5, 5.41) is 17.2. The van der Waals surface area contributed by atoms with Crippen LogP contribution in [0.25, 0.3) is 0 Å². The first-order valence-electron chi connectivity index (χ1n) is 6.92. The fraction of sp³-hybridized carbons (Fsp3) is 0.250. The van der Waals surface area contributed by atoms with Crippen LogP contribution in [-0.2, 0) is 15.2 Å². The van der Waals surface area contributed by atoms with Gasteiger partial charge in [0.25, 0.3) is 0 Å². The maximum atomic E-state index is 12.0. The Bertz CT molecular complexity index is 684. The molecule has 0 aliphatic carbocycles. The second-order valence-corrected chi connectivity index (χ2v) is 6.88. The zero-order chi connectivity index (χ0) is 16.9. The average Bonchev–Trinajstić information content (AvgIpc) is 3.08. The number of nitrogens with one attached hydrogen (secondary N) is 2. The van der Waals surface area contributed by atoms with Gasteiger partial charge in [-0.05, 0) is 36.8 Å². The van der Waals surface area contributed by atoms with Gasteiger partial charge < -0.3 is 15.7 Å². The van der Waals surface area contributed by atoms with Crippen LogP contribution in [0.2, 0.25) is 0 Å². The van der Waals surface area contributed by atoms with Gasteiger partial charge in [-0.1, -0.05) is 18.2 Å². The third kappa shape index (κ3) is 4.57. The summed E-state index contributed by atoms with van der Waals surface area (Å²) in [5.41, 5.74) is -0.619.